The van der Waals surface area contributed by atoms with E-state index in [4.69, 9.17) is 5.11 Å². The minimum Gasteiger partial charge on any atom is -0.465 e. The summed E-state index contributed by atoms with van der Waals surface area (Å²) in [5.41, 5.74) is 2.12. The van der Waals surface area contributed by atoms with Crippen LogP contribution < -0.4 is 25.6 Å². The predicted molar refractivity (Wildman–Crippen MR) is 207 cm³/mol. The molecule has 15 nitrogen and oxygen atoms in total. The molecule has 2 unspecified atom stereocenters. The van der Waals surface area contributed by atoms with Crippen molar-refractivity contribution in [2.75, 3.05) is 50.0 Å². The van der Waals surface area contributed by atoms with Crippen molar-refractivity contribution in [3.63, 3.8) is 0 Å². The van der Waals surface area contributed by atoms with Crippen LogP contribution in [0.2, 0.25) is 0 Å². The molecule has 4 aromatic rings. The molecule has 2 aliphatic rings. The Balaban J connectivity index is 0.00000200. The van der Waals surface area contributed by atoms with Crippen LogP contribution in [-0.2, 0) is 4.79 Å². The first-order valence-electron chi connectivity index (χ1n) is 18.5. The maximum absolute atomic E-state index is 13.6. The molecule has 4 heterocycles. The fourth-order valence-electron chi connectivity index (χ4n) is 6.65. The molecule has 0 bridgehead atoms. The molecule has 0 radical (unpaired) electrons. The summed E-state index contributed by atoms with van der Waals surface area (Å²) >= 11 is 0. The molecule has 2 aliphatic heterocycles. The molecule has 2 aromatic heterocycles. The van der Waals surface area contributed by atoms with Crippen LogP contribution in [0.5, 0.6) is 5.75 Å². The number of hydrogen-bond acceptors (Lipinski definition) is 8. The van der Waals surface area contributed by atoms with Crippen LogP contribution in [0, 0.1) is 0 Å². The highest BCUT2D eigenvalue weighted by Crippen LogP contribution is 2.37. The number of amides is 5. The third-order valence-corrected chi connectivity index (χ3v) is 9.28. The first kappa shape index (κ1) is 41.8. The maximum atomic E-state index is 13.6. The number of imidazole rings is 1. The Labute approximate surface area is 327 Å². The molecular formula is C39H46F3N9O6. The molecule has 6 rings (SSSR count). The second-order valence-electron chi connectivity index (χ2n) is 13.5. The molecule has 2 fully saturated rings. The molecule has 5 amide bonds. The zero-order valence-corrected chi connectivity index (χ0v) is 32.0. The quantitative estimate of drug-likeness (QED) is 0.126. The Kier molecular flexibility index (Phi) is 13.6. The molecule has 0 spiro atoms. The summed E-state index contributed by atoms with van der Waals surface area (Å²) in [4.78, 5) is 65.9. The number of hydrogen-bond donors (Lipinski definition) is 5. The molecule has 57 heavy (non-hydrogen) atoms. The van der Waals surface area contributed by atoms with Crippen molar-refractivity contribution >= 4 is 35.4 Å². The number of anilines is 2. The Morgan fingerprint density at radius 3 is 2.30 bits per heavy atom. The van der Waals surface area contributed by atoms with Gasteiger partial charge in [-0.1, -0.05) is 44.5 Å². The van der Waals surface area contributed by atoms with Gasteiger partial charge >= 0.3 is 18.5 Å². The predicted octanol–water partition coefficient (Wildman–Crippen LogP) is 6.49. The van der Waals surface area contributed by atoms with Crippen molar-refractivity contribution in [3.05, 3.63) is 78.4 Å². The third-order valence-electron chi connectivity index (χ3n) is 9.28. The topological polar surface area (TPSA) is 185 Å². The molecule has 2 atom stereocenters. The van der Waals surface area contributed by atoms with Gasteiger partial charge in [0.2, 0.25) is 5.91 Å². The van der Waals surface area contributed by atoms with Crippen molar-refractivity contribution in [1.82, 2.24) is 35.4 Å². The van der Waals surface area contributed by atoms with Gasteiger partial charge in [0.1, 0.15) is 23.9 Å². The van der Waals surface area contributed by atoms with E-state index in [2.05, 4.69) is 49.5 Å². The summed E-state index contributed by atoms with van der Waals surface area (Å²) in [7, 11) is 1.58. The van der Waals surface area contributed by atoms with Crippen LogP contribution in [0.1, 0.15) is 62.3 Å². The average Bonchev–Trinajstić information content (AvgIpc) is 3.88. The number of pyridine rings is 1. The van der Waals surface area contributed by atoms with Crippen molar-refractivity contribution in [2.24, 2.45) is 0 Å². The summed E-state index contributed by atoms with van der Waals surface area (Å²) in [6, 6.07) is 13.3. The lowest BCUT2D eigenvalue weighted by atomic mass is 10.0. The number of rotatable bonds is 9. The number of halogens is 3. The van der Waals surface area contributed by atoms with Crippen LogP contribution >= 0.6 is 0 Å². The van der Waals surface area contributed by atoms with Gasteiger partial charge in [-0.3, -0.25) is 9.59 Å². The number of aromatic nitrogens is 3. The second kappa shape index (κ2) is 18.5. The van der Waals surface area contributed by atoms with E-state index in [1.807, 2.05) is 11.8 Å². The van der Waals surface area contributed by atoms with Crippen LogP contribution in [0.3, 0.4) is 0 Å². The molecule has 2 aromatic carbocycles. The van der Waals surface area contributed by atoms with Crippen molar-refractivity contribution in [2.45, 2.75) is 58.5 Å². The van der Waals surface area contributed by atoms with Gasteiger partial charge < -0.3 is 45.5 Å². The van der Waals surface area contributed by atoms with E-state index in [0.717, 1.165) is 12.5 Å². The molecule has 304 valence electrons. The Morgan fingerprint density at radius 1 is 0.947 bits per heavy atom. The summed E-state index contributed by atoms with van der Waals surface area (Å²) < 4.78 is 45.0. The fourth-order valence-corrected chi connectivity index (χ4v) is 6.65. The lowest BCUT2D eigenvalue weighted by Gasteiger charge is -2.40. The molecule has 5 N–H and O–H groups in total. The van der Waals surface area contributed by atoms with Gasteiger partial charge in [-0.25, -0.2) is 19.6 Å². The van der Waals surface area contributed by atoms with Crippen LogP contribution in [0.15, 0.2) is 67.0 Å². The van der Waals surface area contributed by atoms with E-state index >= 15 is 0 Å². The van der Waals surface area contributed by atoms with Gasteiger partial charge in [0.15, 0.2) is 0 Å². The van der Waals surface area contributed by atoms with Gasteiger partial charge in [0.05, 0.1) is 23.5 Å². The minimum atomic E-state index is -5.01. The van der Waals surface area contributed by atoms with E-state index < -0.39 is 24.1 Å². The number of nitrogens with zero attached hydrogens (tertiary/aromatic N) is 5. The van der Waals surface area contributed by atoms with Gasteiger partial charge in [-0.15, -0.1) is 13.2 Å². The largest absolute Gasteiger partial charge is 0.573 e. The number of urea groups is 1. The highest BCUT2D eigenvalue weighted by molar-refractivity contribution is 6.04. The average molecular weight is 794 g/mol. The lowest BCUT2D eigenvalue weighted by molar-refractivity contribution is -0.274. The van der Waals surface area contributed by atoms with Crippen molar-refractivity contribution in [1.29, 1.82) is 0 Å². The fraction of sp³-hybridized carbons (Fsp3) is 0.385. The Hall–Kier alpha value is -6.33. The highest BCUT2D eigenvalue weighted by atomic mass is 19.4. The second-order valence-corrected chi connectivity index (χ2v) is 13.5. The summed E-state index contributed by atoms with van der Waals surface area (Å²) in [6.45, 7) is 7.90. The van der Waals surface area contributed by atoms with Gasteiger partial charge in [0.25, 0.3) is 5.91 Å². The zero-order valence-electron chi connectivity index (χ0n) is 32.0. The molecule has 18 heteroatoms. The number of ether oxygens (including phenoxy) is 1. The van der Waals surface area contributed by atoms with E-state index in [1.165, 1.54) is 24.8 Å². The minimum absolute atomic E-state index is 0.0623. The van der Waals surface area contributed by atoms with Gasteiger partial charge in [-0.05, 0) is 55.2 Å². The number of piperazine rings is 1. The lowest BCUT2D eigenvalue weighted by Crippen LogP contribution is -2.56. The van der Waals surface area contributed by atoms with Crippen LogP contribution in [0.25, 0.3) is 22.4 Å². The number of likely N-dealkylation sites (tertiary alicyclic amines) is 1. The molecular weight excluding hydrogens is 747 g/mol. The zero-order chi connectivity index (χ0) is 41.3. The Morgan fingerprint density at radius 2 is 1.67 bits per heavy atom. The molecule has 0 aliphatic carbocycles. The first-order valence-corrected chi connectivity index (χ1v) is 18.5. The van der Waals surface area contributed by atoms with Crippen LogP contribution in [-0.4, -0.2) is 106 Å². The summed E-state index contributed by atoms with van der Waals surface area (Å²) in [5.74, 6) is -0.301. The standard InChI is InChI=1S/C36H38F3N9O6.C3H8/c1-21-20-46(14-15-47(21)34(51)40-2)30-12-9-24(17-41-30)33(50)44-25-10-11-26(29(16-25)54-36(37,38)39)22-5-7-23(8-6-22)27-18-42-32(45-27)28-4-3-13-48(28)31(49)19-43-35(52)53;1-3-2/h5-12,16-18,21,28,43H,3-4,13-15,19-20H2,1-2H3,(H,40,51)(H,42,45)(H,44,50)(H,52,53);3H2,1-2H3. The molecule has 0 saturated carbocycles. The number of carboxylic acid groups (broad SMARTS) is 1. The van der Waals surface area contributed by atoms with Crippen molar-refractivity contribution in [3.8, 4) is 28.1 Å². The third kappa shape index (κ3) is 10.7. The Bertz CT molecular complexity index is 2020. The number of H-pyrrole nitrogens is 1. The summed E-state index contributed by atoms with van der Waals surface area (Å²) in [6.07, 6.45) is -0.701. The van der Waals surface area contributed by atoms with Crippen molar-refractivity contribution < 1.29 is 42.2 Å². The van der Waals surface area contributed by atoms with Crippen LogP contribution in [0.4, 0.5) is 34.3 Å². The first-order chi connectivity index (χ1) is 27.2. The smallest absolute Gasteiger partial charge is 0.465 e. The van der Waals surface area contributed by atoms with E-state index in [0.29, 0.717) is 61.1 Å². The monoisotopic (exact) mass is 793 g/mol. The molecule has 2 saturated heterocycles. The summed E-state index contributed by atoms with van der Waals surface area (Å²) in [5, 5.41) is 16.2. The van der Waals surface area contributed by atoms with E-state index in [1.54, 1.807) is 59.4 Å². The number of aromatic amines is 1. The highest BCUT2D eigenvalue weighted by Gasteiger charge is 2.34. The number of carbonyl (C=O) groups excluding carboxylic acids is 3. The number of nitrogens with one attached hydrogen (secondary N) is 4. The van der Waals surface area contributed by atoms with E-state index in [-0.39, 0.29) is 47.4 Å². The number of alkyl halides is 3. The van der Waals surface area contributed by atoms with Gasteiger partial charge in [0, 0.05) is 62.8 Å². The van der Waals surface area contributed by atoms with Gasteiger partial charge in [-0.2, -0.15) is 0 Å². The maximum Gasteiger partial charge on any atom is 0.573 e. The normalized spacial score (nSPS) is 16.6. The number of carbonyl (C=O) groups is 4. The number of benzene rings is 2. The SMILES string of the molecule is CCC.CNC(=O)N1CCN(c2ccc(C(=O)Nc3ccc(-c4ccc(-c5cnc(C6CCCN6C(=O)CNC(=O)O)[nH]5)cc4)c(OC(F)(F)F)c3)cn2)CC1C. The van der Waals surface area contributed by atoms with E-state index in [9.17, 15) is 32.3 Å².